The number of nitrogens with zero attached hydrogens (tertiary/aromatic N) is 1. The molecule has 1 atom stereocenters. The van der Waals surface area contributed by atoms with Crippen LogP contribution in [0, 0.1) is 0 Å². The van der Waals surface area contributed by atoms with E-state index in [1.54, 1.807) is 0 Å². The molecule has 1 rings (SSSR count). The summed E-state index contributed by atoms with van der Waals surface area (Å²) in [5, 5.41) is -1.73. The van der Waals surface area contributed by atoms with E-state index in [9.17, 15) is 22.8 Å². The molecule has 0 aromatic heterocycles. The van der Waals surface area contributed by atoms with Crippen LogP contribution in [-0.2, 0) is 29.3 Å². The summed E-state index contributed by atoms with van der Waals surface area (Å²) in [7, 11) is -4.70. The van der Waals surface area contributed by atoms with Gasteiger partial charge in [-0.2, -0.15) is 8.42 Å². The van der Waals surface area contributed by atoms with Gasteiger partial charge in [0.25, 0.3) is 21.9 Å². The van der Waals surface area contributed by atoms with Gasteiger partial charge in [-0.25, -0.2) is 4.79 Å². The second-order valence-electron chi connectivity index (χ2n) is 8.40. The van der Waals surface area contributed by atoms with E-state index in [0.29, 0.717) is 6.42 Å². The normalized spacial score (nSPS) is 16.8. The first-order chi connectivity index (χ1) is 14.8. The zero-order valence-electron chi connectivity index (χ0n) is 18.9. The van der Waals surface area contributed by atoms with E-state index in [1.165, 1.54) is 70.6 Å². The Labute approximate surface area is 186 Å². The fourth-order valence-corrected chi connectivity index (χ4v) is 4.40. The monoisotopic (exact) mass is 461 g/mol. The van der Waals surface area contributed by atoms with Crippen LogP contribution >= 0.6 is 0 Å². The number of unbranched alkanes of at least 4 members (excludes halogenated alkanes) is 14. The average Bonchev–Trinajstić information content (AvgIpc) is 2.99. The van der Waals surface area contributed by atoms with Gasteiger partial charge in [-0.05, 0) is 6.42 Å². The molecule has 1 fully saturated rings. The molecular formula is C22H39NO7S. The van der Waals surface area contributed by atoms with Gasteiger partial charge in [0.15, 0.2) is 5.25 Å². The number of hydrogen-bond acceptors (Lipinski definition) is 6. The predicted molar refractivity (Wildman–Crippen MR) is 117 cm³/mol. The number of rotatable bonds is 18. The highest BCUT2D eigenvalue weighted by Gasteiger charge is 2.48. The lowest BCUT2D eigenvalue weighted by atomic mass is 10.0. The van der Waals surface area contributed by atoms with E-state index in [1.807, 2.05) is 0 Å². The Morgan fingerprint density at radius 3 is 1.68 bits per heavy atom. The van der Waals surface area contributed by atoms with E-state index in [-0.39, 0.29) is 11.5 Å². The number of imide groups is 1. The molecule has 1 N–H and O–H groups in total. The average molecular weight is 462 g/mol. The lowest BCUT2D eigenvalue weighted by Gasteiger charge is -2.13. The van der Waals surface area contributed by atoms with Gasteiger partial charge in [0.05, 0.1) is 6.42 Å². The van der Waals surface area contributed by atoms with Crippen molar-refractivity contribution in [1.29, 1.82) is 0 Å². The van der Waals surface area contributed by atoms with Crippen molar-refractivity contribution in [3.05, 3.63) is 0 Å². The molecule has 0 bridgehead atoms. The minimum absolute atomic E-state index is 0.0475. The SMILES string of the molecule is CCCCCCCCCCCCCCCCCC(=O)ON1C(=O)CC(S(=O)(=O)O)C1=O. The zero-order valence-corrected chi connectivity index (χ0v) is 19.7. The molecule has 0 spiro atoms. The molecule has 0 aromatic rings. The van der Waals surface area contributed by atoms with Gasteiger partial charge >= 0.3 is 5.97 Å². The maximum absolute atomic E-state index is 11.8. The Balaban J connectivity index is 1.97. The van der Waals surface area contributed by atoms with Crippen LogP contribution in [0.4, 0.5) is 0 Å². The Morgan fingerprint density at radius 2 is 1.29 bits per heavy atom. The molecule has 1 aliphatic heterocycles. The van der Waals surface area contributed by atoms with Gasteiger partial charge < -0.3 is 4.84 Å². The zero-order chi connectivity index (χ0) is 23.1. The largest absolute Gasteiger partial charge is 0.333 e. The maximum Gasteiger partial charge on any atom is 0.333 e. The lowest BCUT2D eigenvalue weighted by molar-refractivity contribution is -0.197. The van der Waals surface area contributed by atoms with Crippen LogP contribution in [0.25, 0.3) is 0 Å². The Morgan fingerprint density at radius 1 is 0.871 bits per heavy atom. The first-order valence-electron chi connectivity index (χ1n) is 11.8. The van der Waals surface area contributed by atoms with Crippen LogP contribution in [0.1, 0.15) is 116 Å². The van der Waals surface area contributed by atoms with Crippen molar-refractivity contribution in [1.82, 2.24) is 5.06 Å². The van der Waals surface area contributed by atoms with Crippen molar-refractivity contribution in [2.75, 3.05) is 0 Å². The minimum Gasteiger partial charge on any atom is -0.330 e. The smallest absolute Gasteiger partial charge is 0.330 e. The van der Waals surface area contributed by atoms with E-state index in [4.69, 9.17) is 9.39 Å². The highest BCUT2D eigenvalue weighted by molar-refractivity contribution is 7.87. The number of amides is 2. The van der Waals surface area contributed by atoms with Crippen LogP contribution in [0.15, 0.2) is 0 Å². The third kappa shape index (κ3) is 11.6. The summed E-state index contributed by atoms with van der Waals surface area (Å²) >= 11 is 0. The van der Waals surface area contributed by atoms with E-state index < -0.39 is 39.6 Å². The molecule has 9 heteroatoms. The number of carbonyl (C=O) groups excluding carboxylic acids is 3. The van der Waals surface area contributed by atoms with Crippen molar-refractivity contribution in [3.8, 4) is 0 Å². The molecule has 0 saturated carbocycles. The molecule has 1 aliphatic rings. The summed E-state index contributed by atoms with van der Waals surface area (Å²) in [6, 6.07) is 0. The van der Waals surface area contributed by atoms with Gasteiger partial charge in [-0.3, -0.25) is 14.1 Å². The van der Waals surface area contributed by atoms with E-state index >= 15 is 0 Å². The maximum atomic E-state index is 11.8. The molecule has 180 valence electrons. The second kappa shape index (κ2) is 15.3. The summed E-state index contributed by atoms with van der Waals surface area (Å²) in [5.41, 5.74) is 0. The Hall–Kier alpha value is -1.48. The van der Waals surface area contributed by atoms with Gasteiger partial charge in [0.2, 0.25) is 0 Å². The third-order valence-corrected chi connectivity index (χ3v) is 6.69. The fourth-order valence-electron chi connectivity index (χ4n) is 3.70. The van der Waals surface area contributed by atoms with Gasteiger partial charge in [-0.15, -0.1) is 5.06 Å². The first kappa shape index (κ1) is 27.6. The van der Waals surface area contributed by atoms with Crippen molar-refractivity contribution in [2.24, 2.45) is 0 Å². The molecule has 1 heterocycles. The molecule has 1 unspecified atom stereocenters. The second-order valence-corrected chi connectivity index (χ2v) is 10.00. The fraction of sp³-hybridized carbons (Fsp3) is 0.864. The van der Waals surface area contributed by atoms with Crippen molar-refractivity contribution < 1.29 is 32.2 Å². The quantitative estimate of drug-likeness (QED) is 0.178. The molecule has 8 nitrogen and oxygen atoms in total. The molecule has 0 aromatic carbocycles. The molecule has 0 radical (unpaired) electrons. The standard InChI is InChI=1S/C22H39NO7S/c1-2-3-4-5-6-7-8-9-10-11-12-13-14-15-16-17-21(25)30-23-20(24)18-19(22(23)26)31(27,28)29/h19H,2-18H2,1H3,(H,27,28,29). The topological polar surface area (TPSA) is 118 Å². The predicted octanol–water partition coefficient (Wildman–Crippen LogP) is 4.72. The van der Waals surface area contributed by atoms with Crippen molar-refractivity contribution >= 4 is 27.9 Å². The number of hydroxylamine groups is 2. The summed E-state index contributed by atoms with van der Waals surface area (Å²) in [4.78, 5) is 39.9. The molecule has 31 heavy (non-hydrogen) atoms. The molecular weight excluding hydrogens is 422 g/mol. The minimum atomic E-state index is -4.70. The van der Waals surface area contributed by atoms with Crippen LogP contribution in [0.5, 0.6) is 0 Å². The van der Waals surface area contributed by atoms with Crippen LogP contribution in [0.3, 0.4) is 0 Å². The summed E-state index contributed by atoms with van der Waals surface area (Å²) < 4.78 is 31.1. The van der Waals surface area contributed by atoms with E-state index in [0.717, 1.165) is 19.3 Å². The van der Waals surface area contributed by atoms with Gasteiger partial charge in [0.1, 0.15) is 0 Å². The highest BCUT2D eigenvalue weighted by atomic mass is 32.2. The van der Waals surface area contributed by atoms with Crippen LogP contribution < -0.4 is 0 Å². The first-order valence-corrected chi connectivity index (χ1v) is 13.3. The van der Waals surface area contributed by atoms with E-state index in [2.05, 4.69) is 6.92 Å². The molecule has 0 aliphatic carbocycles. The third-order valence-electron chi connectivity index (χ3n) is 5.60. The van der Waals surface area contributed by atoms with Crippen molar-refractivity contribution in [3.63, 3.8) is 0 Å². The lowest BCUT2D eigenvalue weighted by Crippen LogP contribution is -2.36. The summed E-state index contributed by atoms with van der Waals surface area (Å²) in [6.07, 6.45) is 17.4. The summed E-state index contributed by atoms with van der Waals surface area (Å²) in [6.45, 7) is 2.24. The Bertz CT molecular complexity index is 663. The molecule has 1 saturated heterocycles. The van der Waals surface area contributed by atoms with Crippen LogP contribution in [-0.4, -0.2) is 41.1 Å². The summed E-state index contributed by atoms with van der Waals surface area (Å²) in [5.74, 6) is -2.93. The van der Waals surface area contributed by atoms with Gasteiger partial charge in [-0.1, -0.05) is 96.8 Å². The van der Waals surface area contributed by atoms with Gasteiger partial charge in [0, 0.05) is 6.42 Å². The Kier molecular flexibility index (Phi) is 13.6. The van der Waals surface area contributed by atoms with Crippen LogP contribution in [0.2, 0.25) is 0 Å². The molecule has 2 amide bonds. The van der Waals surface area contributed by atoms with Crippen molar-refractivity contribution in [2.45, 2.75) is 121 Å². The highest BCUT2D eigenvalue weighted by Crippen LogP contribution is 2.20. The number of carbonyl (C=O) groups is 3. The number of hydrogen-bond donors (Lipinski definition) is 1.